The smallest absolute Gasteiger partial charge is 0.309 e. The maximum Gasteiger partial charge on any atom is 0.309 e. The summed E-state index contributed by atoms with van der Waals surface area (Å²) in [5, 5.41) is 0. The number of rotatable bonds is 6. The van der Waals surface area contributed by atoms with Crippen LogP contribution in [0, 0.1) is 35.5 Å². The summed E-state index contributed by atoms with van der Waals surface area (Å²) < 4.78 is 11.2. The van der Waals surface area contributed by atoms with Gasteiger partial charge in [-0.15, -0.1) is 0 Å². The van der Waals surface area contributed by atoms with Crippen LogP contribution < -0.4 is 0 Å². The minimum absolute atomic E-state index is 0.0323. The molecule has 4 aliphatic rings. The van der Waals surface area contributed by atoms with Crippen LogP contribution in [-0.2, 0) is 41.9 Å². The lowest BCUT2D eigenvalue weighted by Gasteiger charge is -2.36. The lowest BCUT2D eigenvalue weighted by molar-refractivity contribution is -0.155. The zero-order chi connectivity index (χ0) is 23.7. The molecule has 0 heterocycles. The van der Waals surface area contributed by atoms with E-state index in [1.54, 1.807) is 0 Å². The quantitative estimate of drug-likeness (QED) is 0.571. The van der Waals surface area contributed by atoms with Crippen molar-refractivity contribution in [1.29, 1.82) is 0 Å². The third kappa shape index (κ3) is 4.96. The molecule has 4 atom stereocenters. The maximum absolute atomic E-state index is 12.7. The van der Waals surface area contributed by atoms with Gasteiger partial charge >= 0.3 is 11.9 Å². The largest absolute Gasteiger partial charge is 0.461 e. The molecule has 6 nitrogen and oxygen atoms in total. The van der Waals surface area contributed by atoms with Gasteiger partial charge < -0.3 is 9.47 Å². The van der Waals surface area contributed by atoms with E-state index in [2.05, 4.69) is 0 Å². The first-order chi connectivity index (χ1) is 16.5. The molecule has 6 heteroatoms. The lowest BCUT2D eigenvalue weighted by atomic mass is 9.67. The fraction of sp³-hybridized carbons (Fsp3) is 0.643. The van der Waals surface area contributed by atoms with Crippen molar-refractivity contribution in [2.45, 2.75) is 77.4 Å². The van der Waals surface area contributed by atoms with Crippen molar-refractivity contribution < 1.29 is 28.7 Å². The minimum atomic E-state index is -0.210. The Morgan fingerprint density at radius 3 is 1.44 bits per heavy atom. The summed E-state index contributed by atoms with van der Waals surface area (Å²) in [5.74, 6) is 0.0427. The van der Waals surface area contributed by atoms with Crippen molar-refractivity contribution in [3.8, 4) is 0 Å². The molecule has 0 aromatic heterocycles. The van der Waals surface area contributed by atoms with Crippen LogP contribution in [0.1, 0.15) is 75.3 Å². The molecule has 4 saturated carbocycles. The molecule has 5 rings (SSSR count). The third-order valence-corrected chi connectivity index (χ3v) is 8.52. The molecule has 0 N–H and O–H groups in total. The highest BCUT2D eigenvalue weighted by atomic mass is 16.5. The summed E-state index contributed by atoms with van der Waals surface area (Å²) >= 11 is 0. The van der Waals surface area contributed by atoms with Gasteiger partial charge in [0.25, 0.3) is 0 Å². The van der Waals surface area contributed by atoms with Gasteiger partial charge in [0.1, 0.15) is 24.8 Å². The van der Waals surface area contributed by atoms with E-state index in [-0.39, 0.29) is 60.7 Å². The molecule has 0 aliphatic heterocycles. The van der Waals surface area contributed by atoms with E-state index in [1.165, 1.54) is 0 Å². The Hall–Kier alpha value is -2.50. The molecule has 1 aromatic rings. The zero-order valence-corrected chi connectivity index (χ0v) is 19.7. The fourth-order valence-electron chi connectivity index (χ4n) is 6.70. The molecule has 34 heavy (non-hydrogen) atoms. The predicted octanol–water partition coefficient (Wildman–Crippen LogP) is 4.56. The first-order valence-corrected chi connectivity index (χ1v) is 13.0. The van der Waals surface area contributed by atoms with Crippen LogP contribution in [0.5, 0.6) is 0 Å². The number of carbonyl (C=O) groups is 4. The number of hydrogen-bond donors (Lipinski definition) is 0. The predicted molar refractivity (Wildman–Crippen MR) is 123 cm³/mol. The number of fused-ring (bicyclic) bond motifs is 4. The van der Waals surface area contributed by atoms with Crippen LogP contribution in [0.25, 0.3) is 0 Å². The van der Waals surface area contributed by atoms with Crippen molar-refractivity contribution >= 4 is 23.5 Å². The van der Waals surface area contributed by atoms with Crippen LogP contribution in [0.3, 0.4) is 0 Å². The molecule has 0 amide bonds. The highest BCUT2D eigenvalue weighted by molar-refractivity contribution is 5.88. The van der Waals surface area contributed by atoms with Crippen molar-refractivity contribution in [3.63, 3.8) is 0 Å². The number of ketones is 2. The summed E-state index contributed by atoms with van der Waals surface area (Å²) in [6, 6.07) is 7.57. The van der Waals surface area contributed by atoms with E-state index in [0.717, 1.165) is 49.7 Å². The maximum atomic E-state index is 12.7. The highest BCUT2D eigenvalue weighted by Crippen LogP contribution is 2.41. The van der Waals surface area contributed by atoms with Gasteiger partial charge in [-0.3, -0.25) is 19.2 Å². The van der Waals surface area contributed by atoms with Gasteiger partial charge in [0.2, 0.25) is 0 Å². The van der Waals surface area contributed by atoms with Gasteiger partial charge in [-0.25, -0.2) is 0 Å². The van der Waals surface area contributed by atoms with Crippen LogP contribution in [0.4, 0.5) is 0 Å². The number of ether oxygens (including phenoxy) is 2. The van der Waals surface area contributed by atoms with E-state index < -0.39 is 0 Å². The Morgan fingerprint density at radius 1 is 0.676 bits per heavy atom. The second-order valence-electron chi connectivity index (χ2n) is 10.8. The van der Waals surface area contributed by atoms with Crippen LogP contribution in [0.2, 0.25) is 0 Å². The SMILES string of the molecule is O=C(OCc1cccc(COC(=O)C2CC3CCCC(C2)C3=O)c1)C1CC2CCCC(C1)C2=O. The number of carbonyl (C=O) groups excluding carboxylic acids is 4. The normalized spacial score (nSPS) is 32.7. The van der Waals surface area contributed by atoms with E-state index in [1.807, 2.05) is 24.3 Å². The van der Waals surface area contributed by atoms with E-state index in [0.29, 0.717) is 37.2 Å². The Morgan fingerprint density at radius 2 is 1.06 bits per heavy atom. The molecule has 182 valence electrons. The summed E-state index contributed by atoms with van der Waals surface area (Å²) in [6.07, 6.45) is 8.27. The third-order valence-electron chi connectivity index (χ3n) is 8.52. The molecular formula is C28H34O6. The van der Waals surface area contributed by atoms with Gasteiger partial charge in [-0.05, 0) is 68.6 Å². The Bertz CT molecular complexity index is 862. The van der Waals surface area contributed by atoms with Gasteiger partial charge in [0.15, 0.2) is 0 Å². The zero-order valence-electron chi connectivity index (χ0n) is 19.7. The van der Waals surface area contributed by atoms with Gasteiger partial charge in [0.05, 0.1) is 11.8 Å². The van der Waals surface area contributed by atoms with E-state index >= 15 is 0 Å². The van der Waals surface area contributed by atoms with Crippen molar-refractivity contribution in [1.82, 2.24) is 0 Å². The number of benzene rings is 1. The second kappa shape index (κ2) is 10.0. The van der Waals surface area contributed by atoms with Crippen molar-refractivity contribution in [2.75, 3.05) is 0 Å². The molecule has 0 radical (unpaired) electrons. The fourth-order valence-corrected chi connectivity index (χ4v) is 6.70. The van der Waals surface area contributed by atoms with Crippen LogP contribution in [-0.4, -0.2) is 23.5 Å². The first kappa shape index (κ1) is 23.3. The van der Waals surface area contributed by atoms with Gasteiger partial charge in [-0.2, -0.15) is 0 Å². The summed E-state index contributed by atoms with van der Waals surface area (Å²) in [4.78, 5) is 49.9. The first-order valence-electron chi connectivity index (χ1n) is 13.0. The standard InChI is InChI=1S/C28H34O6/c29-25-19-6-2-7-20(25)12-23(11-19)27(31)33-15-17-4-1-5-18(10-17)16-34-28(32)24-13-21-8-3-9-22(14-24)26(21)30/h1,4-5,10,19-24H,2-3,6-9,11-16H2. The molecule has 4 bridgehead atoms. The molecule has 0 saturated heterocycles. The Kier molecular flexibility index (Phi) is 6.84. The molecule has 4 fully saturated rings. The average Bonchev–Trinajstić information content (AvgIpc) is 2.81. The number of esters is 2. The van der Waals surface area contributed by atoms with Crippen molar-refractivity contribution in [3.05, 3.63) is 35.4 Å². The highest BCUT2D eigenvalue weighted by Gasteiger charge is 2.43. The molecular weight excluding hydrogens is 432 g/mol. The van der Waals surface area contributed by atoms with Gasteiger partial charge in [-0.1, -0.05) is 31.0 Å². The molecule has 4 unspecified atom stereocenters. The molecule has 0 spiro atoms. The monoisotopic (exact) mass is 466 g/mol. The summed E-state index contributed by atoms with van der Waals surface area (Å²) in [6.45, 7) is 0.350. The Balaban J connectivity index is 1.10. The van der Waals surface area contributed by atoms with Gasteiger partial charge in [0, 0.05) is 23.7 Å². The van der Waals surface area contributed by atoms with E-state index in [9.17, 15) is 19.2 Å². The number of Topliss-reactive ketones (excluding diaryl/α,β-unsaturated/α-hetero) is 2. The lowest BCUT2D eigenvalue weighted by Crippen LogP contribution is -2.39. The van der Waals surface area contributed by atoms with E-state index in [4.69, 9.17) is 9.47 Å². The van der Waals surface area contributed by atoms with Crippen molar-refractivity contribution in [2.24, 2.45) is 35.5 Å². The number of hydrogen-bond acceptors (Lipinski definition) is 6. The minimum Gasteiger partial charge on any atom is -0.461 e. The Labute approximate surface area is 200 Å². The van der Waals surface area contributed by atoms with Crippen LogP contribution in [0.15, 0.2) is 24.3 Å². The molecule has 1 aromatic carbocycles. The average molecular weight is 467 g/mol. The summed E-state index contributed by atoms with van der Waals surface area (Å²) in [7, 11) is 0. The topological polar surface area (TPSA) is 86.7 Å². The second-order valence-corrected chi connectivity index (χ2v) is 10.8. The van der Waals surface area contributed by atoms with Crippen LogP contribution >= 0.6 is 0 Å². The molecule has 4 aliphatic carbocycles. The summed E-state index contributed by atoms with van der Waals surface area (Å²) in [5.41, 5.74) is 1.71.